The Kier molecular flexibility index (Phi) is 5.32. The maximum atomic E-state index is 12.1. The fraction of sp³-hybridized carbons (Fsp3) is 0.769. The Hall–Kier alpha value is -1.59. The standard InChI is InChI=1S/C13H21NO5/c1-13(7-3-4-8-13)12(18)14-9(11(16)17)5-6-10(15)19-2/h9H,3-8H2,1-2H3,(H,14,18)(H,16,17). The first-order chi connectivity index (χ1) is 8.89. The number of ether oxygens (including phenoxy) is 1. The molecule has 2 N–H and O–H groups in total. The summed E-state index contributed by atoms with van der Waals surface area (Å²) in [7, 11) is 1.25. The van der Waals surface area contributed by atoms with Gasteiger partial charge in [0.15, 0.2) is 0 Å². The summed E-state index contributed by atoms with van der Waals surface area (Å²) in [5, 5.41) is 11.6. The summed E-state index contributed by atoms with van der Waals surface area (Å²) < 4.78 is 4.46. The molecule has 0 aliphatic heterocycles. The van der Waals surface area contributed by atoms with E-state index in [0.29, 0.717) is 0 Å². The minimum absolute atomic E-state index is 0.0234. The molecule has 1 atom stereocenters. The van der Waals surface area contributed by atoms with Gasteiger partial charge in [-0.05, 0) is 19.3 Å². The van der Waals surface area contributed by atoms with Crippen LogP contribution in [0, 0.1) is 5.41 Å². The van der Waals surface area contributed by atoms with Gasteiger partial charge in [-0.15, -0.1) is 0 Å². The molecule has 6 nitrogen and oxygen atoms in total. The number of nitrogens with one attached hydrogen (secondary N) is 1. The summed E-state index contributed by atoms with van der Waals surface area (Å²) >= 11 is 0. The molecular formula is C13H21NO5. The van der Waals surface area contributed by atoms with Crippen LogP contribution in [0.5, 0.6) is 0 Å². The molecule has 1 unspecified atom stereocenters. The summed E-state index contributed by atoms with van der Waals surface area (Å²) in [5.41, 5.74) is -0.473. The predicted molar refractivity (Wildman–Crippen MR) is 67.4 cm³/mol. The third kappa shape index (κ3) is 4.22. The second-order valence-electron chi connectivity index (χ2n) is 5.25. The average Bonchev–Trinajstić information content (AvgIpc) is 2.81. The zero-order valence-electron chi connectivity index (χ0n) is 11.4. The number of hydrogen-bond donors (Lipinski definition) is 2. The third-order valence-corrected chi connectivity index (χ3v) is 3.72. The normalized spacial score (nSPS) is 18.6. The first-order valence-corrected chi connectivity index (χ1v) is 6.49. The van der Waals surface area contributed by atoms with Crippen molar-refractivity contribution in [2.24, 2.45) is 5.41 Å². The highest BCUT2D eigenvalue weighted by atomic mass is 16.5. The van der Waals surface area contributed by atoms with Crippen molar-refractivity contribution in [3.8, 4) is 0 Å². The van der Waals surface area contributed by atoms with Gasteiger partial charge in [-0.2, -0.15) is 0 Å². The van der Waals surface area contributed by atoms with Crippen molar-refractivity contribution in [3.05, 3.63) is 0 Å². The Balaban J connectivity index is 2.55. The smallest absolute Gasteiger partial charge is 0.326 e. The summed E-state index contributed by atoms with van der Waals surface area (Å²) in [6, 6.07) is -1.04. The first kappa shape index (κ1) is 15.5. The van der Waals surface area contributed by atoms with Crippen molar-refractivity contribution >= 4 is 17.8 Å². The van der Waals surface area contributed by atoms with E-state index in [1.165, 1.54) is 7.11 Å². The minimum atomic E-state index is -1.13. The van der Waals surface area contributed by atoms with Gasteiger partial charge in [0.05, 0.1) is 7.11 Å². The quantitative estimate of drug-likeness (QED) is 0.705. The van der Waals surface area contributed by atoms with E-state index in [0.717, 1.165) is 25.7 Å². The number of rotatable bonds is 6. The number of aliphatic carboxylic acids is 1. The maximum Gasteiger partial charge on any atom is 0.326 e. The molecule has 1 rings (SSSR count). The van der Waals surface area contributed by atoms with Crippen LogP contribution in [0.2, 0.25) is 0 Å². The molecule has 1 aliphatic carbocycles. The Morgan fingerprint density at radius 3 is 2.37 bits per heavy atom. The van der Waals surface area contributed by atoms with Crippen LogP contribution in [0.1, 0.15) is 45.4 Å². The number of carbonyl (C=O) groups is 3. The zero-order chi connectivity index (χ0) is 14.5. The number of methoxy groups -OCH3 is 1. The molecule has 0 heterocycles. The largest absolute Gasteiger partial charge is 0.480 e. The van der Waals surface area contributed by atoms with Crippen molar-refractivity contribution in [2.75, 3.05) is 7.11 Å². The number of carboxylic acid groups (broad SMARTS) is 1. The molecule has 1 saturated carbocycles. The lowest BCUT2D eigenvalue weighted by molar-refractivity contribution is -0.145. The van der Waals surface area contributed by atoms with Crippen LogP contribution in [-0.2, 0) is 19.1 Å². The van der Waals surface area contributed by atoms with Gasteiger partial charge >= 0.3 is 11.9 Å². The van der Waals surface area contributed by atoms with E-state index in [1.807, 2.05) is 6.92 Å². The molecule has 108 valence electrons. The Labute approximate surface area is 112 Å². The lowest BCUT2D eigenvalue weighted by Crippen LogP contribution is -2.46. The number of carboxylic acids is 1. The van der Waals surface area contributed by atoms with Gasteiger partial charge < -0.3 is 15.2 Å². The van der Waals surface area contributed by atoms with Crippen molar-refractivity contribution in [1.82, 2.24) is 5.32 Å². The van der Waals surface area contributed by atoms with Crippen LogP contribution in [-0.4, -0.2) is 36.1 Å². The molecule has 0 aromatic heterocycles. The maximum absolute atomic E-state index is 12.1. The number of hydrogen-bond acceptors (Lipinski definition) is 4. The van der Waals surface area contributed by atoms with Gasteiger partial charge in [0.25, 0.3) is 0 Å². The Morgan fingerprint density at radius 2 is 1.89 bits per heavy atom. The molecule has 1 fully saturated rings. The van der Waals surface area contributed by atoms with Crippen molar-refractivity contribution < 1.29 is 24.2 Å². The van der Waals surface area contributed by atoms with Crippen LogP contribution in [0.3, 0.4) is 0 Å². The molecule has 0 aromatic rings. The summed E-state index contributed by atoms with van der Waals surface area (Å²) in [5.74, 6) is -1.84. The number of carbonyl (C=O) groups excluding carboxylic acids is 2. The van der Waals surface area contributed by atoms with E-state index in [4.69, 9.17) is 5.11 Å². The number of amides is 1. The predicted octanol–water partition coefficient (Wildman–Crippen LogP) is 1.09. The summed E-state index contributed by atoms with van der Waals surface area (Å²) in [4.78, 5) is 34.2. The van der Waals surface area contributed by atoms with Gasteiger partial charge in [0, 0.05) is 11.8 Å². The van der Waals surface area contributed by atoms with Gasteiger partial charge in [0.2, 0.25) is 5.91 Å². The van der Waals surface area contributed by atoms with Crippen molar-refractivity contribution in [2.45, 2.75) is 51.5 Å². The molecule has 1 aliphatic rings. The van der Waals surface area contributed by atoms with Crippen molar-refractivity contribution in [1.29, 1.82) is 0 Å². The summed E-state index contributed by atoms with van der Waals surface area (Å²) in [6.45, 7) is 1.86. The lowest BCUT2D eigenvalue weighted by atomic mass is 9.87. The van der Waals surface area contributed by atoms with Crippen LogP contribution >= 0.6 is 0 Å². The molecular weight excluding hydrogens is 250 g/mol. The lowest BCUT2D eigenvalue weighted by Gasteiger charge is -2.25. The van der Waals surface area contributed by atoms with E-state index < -0.39 is 23.4 Å². The van der Waals surface area contributed by atoms with E-state index in [1.54, 1.807) is 0 Å². The van der Waals surface area contributed by atoms with Gasteiger partial charge in [-0.25, -0.2) is 4.79 Å². The fourth-order valence-electron chi connectivity index (χ4n) is 2.34. The molecule has 6 heteroatoms. The zero-order valence-corrected chi connectivity index (χ0v) is 11.4. The van der Waals surface area contributed by atoms with Crippen LogP contribution in [0.25, 0.3) is 0 Å². The van der Waals surface area contributed by atoms with Gasteiger partial charge in [-0.1, -0.05) is 19.8 Å². The SMILES string of the molecule is COC(=O)CCC(NC(=O)C1(C)CCCC1)C(=O)O. The fourth-order valence-corrected chi connectivity index (χ4v) is 2.34. The van der Waals surface area contributed by atoms with E-state index >= 15 is 0 Å². The second kappa shape index (κ2) is 6.54. The average molecular weight is 271 g/mol. The van der Waals surface area contributed by atoms with Crippen LogP contribution in [0.4, 0.5) is 0 Å². The Morgan fingerprint density at radius 1 is 1.32 bits per heavy atom. The topological polar surface area (TPSA) is 92.7 Å². The highest BCUT2D eigenvalue weighted by Gasteiger charge is 2.38. The number of esters is 1. The molecule has 19 heavy (non-hydrogen) atoms. The minimum Gasteiger partial charge on any atom is -0.480 e. The van der Waals surface area contributed by atoms with E-state index in [2.05, 4.69) is 10.1 Å². The van der Waals surface area contributed by atoms with Gasteiger partial charge in [0.1, 0.15) is 6.04 Å². The Bertz CT molecular complexity index is 360. The third-order valence-electron chi connectivity index (χ3n) is 3.72. The molecule has 0 saturated heterocycles. The monoisotopic (exact) mass is 271 g/mol. The second-order valence-corrected chi connectivity index (χ2v) is 5.25. The van der Waals surface area contributed by atoms with Crippen molar-refractivity contribution in [3.63, 3.8) is 0 Å². The highest BCUT2D eigenvalue weighted by Crippen LogP contribution is 2.37. The molecule has 0 aromatic carbocycles. The molecule has 0 bridgehead atoms. The summed E-state index contributed by atoms with van der Waals surface area (Å²) in [6.07, 6.45) is 3.56. The first-order valence-electron chi connectivity index (χ1n) is 6.49. The van der Waals surface area contributed by atoms with E-state index in [-0.39, 0.29) is 18.7 Å². The van der Waals surface area contributed by atoms with Crippen LogP contribution < -0.4 is 5.32 Å². The molecule has 0 radical (unpaired) electrons. The molecule has 1 amide bonds. The van der Waals surface area contributed by atoms with Crippen LogP contribution in [0.15, 0.2) is 0 Å². The highest BCUT2D eigenvalue weighted by molar-refractivity contribution is 5.87. The molecule has 0 spiro atoms. The van der Waals surface area contributed by atoms with Gasteiger partial charge in [-0.3, -0.25) is 9.59 Å². The van der Waals surface area contributed by atoms with E-state index in [9.17, 15) is 14.4 Å².